The number of carbonyl (C=O) groups is 1. The van der Waals surface area contributed by atoms with Crippen LogP contribution in [0.15, 0.2) is 6.07 Å². The van der Waals surface area contributed by atoms with Crippen LogP contribution in [0.25, 0.3) is 0 Å². The summed E-state index contributed by atoms with van der Waals surface area (Å²) in [4.78, 5) is 11.2. The van der Waals surface area contributed by atoms with Gasteiger partial charge in [0.2, 0.25) is 0 Å². The SMILES string of the molecule is CC(C)C(=O)c1cc(N)n[nH]1. The first kappa shape index (κ1) is 7.78. The van der Waals surface area contributed by atoms with E-state index in [0.29, 0.717) is 11.5 Å². The molecule has 1 heterocycles. The molecular weight excluding hydrogens is 142 g/mol. The first-order valence-electron chi connectivity index (χ1n) is 3.46. The van der Waals surface area contributed by atoms with Crippen molar-refractivity contribution in [1.29, 1.82) is 0 Å². The van der Waals surface area contributed by atoms with Gasteiger partial charge in [0.05, 0.1) is 0 Å². The summed E-state index contributed by atoms with van der Waals surface area (Å²) in [6.07, 6.45) is 0. The molecule has 0 spiro atoms. The molecule has 0 aliphatic carbocycles. The number of carbonyl (C=O) groups excluding carboxylic acids is 1. The van der Waals surface area contributed by atoms with Crippen molar-refractivity contribution in [3.63, 3.8) is 0 Å². The molecule has 0 aliphatic heterocycles. The van der Waals surface area contributed by atoms with Gasteiger partial charge in [-0.15, -0.1) is 0 Å². The number of H-pyrrole nitrogens is 1. The number of ketones is 1. The van der Waals surface area contributed by atoms with Crippen molar-refractivity contribution in [2.75, 3.05) is 5.73 Å². The molecule has 0 aliphatic rings. The predicted molar refractivity (Wildman–Crippen MR) is 42.2 cm³/mol. The Kier molecular flexibility index (Phi) is 1.94. The fraction of sp³-hybridized carbons (Fsp3) is 0.429. The lowest BCUT2D eigenvalue weighted by molar-refractivity contribution is 0.0934. The van der Waals surface area contributed by atoms with E-state index in [2.05, 4.69) is 10.2 Å². The maximum absolute atomic E-state index is 11.2. The maximum atomic E-state index is 11.2. The van der Waals surface area contributed by atoms with Crippen LogP contribution in [-0.4, -0.2) is 16.0 Å². The van der Waals surface area contributed by atoms with Crippen molar-refractivity contribution in [3.05, 3.63) is 11.8 Å². The number of nitrogens with one attached hydrogen (secondary N) is 1. The first-order valence-corrected chi connectivity index (χ1v) is 3.46. The maximum Gasteiger partial charge on any atom is 0.183 e. The fourth-order valence-corrected chi connectivity index (χ4v) is 0.774. The second-order valence-corrected chi connectivity index (χ2v) is 2.73. The number of anilines is 1. The van der Waals surface area contributed by atoms with Crippen LogP contribution in [0.4, 0.5) is 5.82 Å². The molecule has 0 saturated heterocycles. The number of hydrogen-bond acceptors (Lipinski definition) is 3. The van der Waals surface area contributed by atoms with E-state index in [4.69, 9.17) is 5.73 Å². The van der Waals surface area contributed by atoms with E-state index in [0.717, 1.165) is 0 Å². The molecule has 3 N–H and O–H groups in total. The minimum atomic E-state index is -0.0187. The molecule has 0 atom stereocenters. The van der Waals surface area contributed by atoms with Crippen LogP contribution >= 0.6 is 0 Å². The molecule has 1 rings (SSSR count). The van der Waals surface area contributed by atoms with Crippen molar-refractivity contribution in [2.45, 2.75) is 13.8 Å². The van der Waals surface area contributed by atoms with Crippen LogP contribution in [-0.2, 0) is 0 Å². The molecule has 0 saturated carbocycles. The van der Waals surface area contributed by atoms with E-state index < -0.39 is 0 Å². The van der Waals surface area contributed by atoms with Gasteiger partial charge < -0.3 is 5.73 Å². The van der Waals surface area contributed by atoms with Crippen LogP contribution in [0, 0.1) is 5.92 Å². The Hall–Kier alpha value is -1.32. The molecule has 11 heavy (non-hydrogen) atoms. The van der Waals surface area contributed by atoms with Gasteiger partial charge in [0.25, 0.3) is 0 Å². The molecule has 0 bridgehead atoms. The predicted octanol–water partition coefficient (Wildman–Crippen LogP) is 0.831. The summed E-state index contributed by atoms with van der Waals surface area (Å²) < 4.78 is 0. The second kappa shape index (κ2) is 2.74. The average Bonchev–Trinajstić information content (AvgIpc) is 2.34. The highest BCUT2D eigenvalue weighted by molar-refractivity contribution is 5.96. The third-order valence-corrected chi connectivity index (χ3v) is 1.39. The number of nitrogens with two attached hydrogens (primary N) is 1. The normalized spacial score (nSPS) is 10.5. The zero-order valence-electron chi connectivity index (χ0n) is 6.59. The van der Waals surface area contributed by atoms with Gasteiger partial charge in [-0.25, -0.2) is 0 Å². The van der Waals surface area contributed by atoms with Crippen molar-refractivity contribution < 1.29 is 4.79 Å². The Morgan fingerprint density at radius 1 is 1.73 bits per heavy atom. The number of hydrogen-bond donors (Lipinski definition) is 2. The standard InChI is InChI=1S/C7H11N3O/c1-4(2)7(11)5-3-6(8)10-9-5/h3-4H,1-2H3,(H3,8,9,10). The molecule has 4 nitrogen and oxygen atoms in total. The lowest BCUT2D eigenvalue weighted by Crippen LogP contribution is -2.07. The largest absolute Gasteiger partial charge is 0.382 e. The molecule has 0 radical (unpaired) electrons. The zero-order chi connectivity index (χ0) is 8.43. The summed E-state index contributed by atoms with van der Waals surface area (Å²) in [5, 5.41) is 6.21. The van der Waals surface area contributed by atoms with Gasteiger partial charge in [0, 0.05) is 12.0 Å². The molecule has 0 unspecified atom stereocenters. The van der Waals surface area contributed by atoms with E-state index in [1.807, 2.05) is 13.8 Å². The Morgan fingerprint density at radius 3 is 2.73 bits per heavy atom. The van der Waals surface area contributed by atoms with Crippen molar-refractivity contribution >= 4 is 11.6 Å². The molecule has 60 valence electrons. The fourth-order valence-electron chi connectivity index (χ4n) is 0.774. The minimum absolute atomic E-state index is 0.0187. The molecule has 0 fully saturated rings. The molecule has 1 aromatic heterocycles. The zero-order valence-corrected chi connectivity index (χ0v) is 6.59. The number of Topliss-reactive ketones (excluding diaryl/α,β-unsaturated/α-hetero) is 1. The van der Waals surface area contributed by atoms with Gasteiger partial charge in [-0.3, -0.25) is 9.89 Å². The number of nitrogen functional groups attached to an aromatic ring is 1. The number of aromatic nitrogens is 2. The molecule has 0 amide bonds. The van der Waals surface area contributed by atoms with Gasteiger partial charge in [-0.1, -0.05) is 13.8 Å². The summed E-state index contributed by atoms with van der Waals surface area (Å²) >= 11 is 0. The lowest BCUT2D eigenvalue weighted by atomic mass is 10.1. The highest BCUT2D eigenvalue weighted by atomic mass is 16.1. The summed E-state index contributed by atoms with van der Waals surface area (Å²) in [5.74, 6) is 0.373. The monoisotopic (exact) mass is 153 g/mol. The minimum Gasteiger partial charge on any atom is -0.382 e. The Morgan fingerprint density at radius 2 is 2.36 bits per heavy atom. The Balaban J connectivity index is 2.85. The summed E-state index contributed by atoms with van der Waals surface area (Å²) in [6.45, 7) is 3.67. The topological polar surface area (TPSA) is 71.8 Å². The molecule has 1 aromatic rings. The third kappa shape index (κ3) is 1.58. The number of nitrogens with zero attached hydrogens (tertiary/aromatic N) is 1. The highest BCUT2D eigenvalue weighted by Crippen LogP contribution is 2.07. The van der Waals surface area contributed by atoms with Crippen LogP contribution in [0.1, 0.15) is 24.3 Å². The van der Waals surface area contributed by atoms with E-state index in [1.54, 1.807) is 6.07 Å². The van der Waals surface area contributed by atoms with Crippen LogP contribution in [0.3, 0.4) is 0 Å². The summed E-state index contributed by atoms with van der Waals surface area (Å²) in [7, 11) is 0. The van der Waals surface area contributed by atoms with Gasteiger partial charge in [0.15, 0.2) is 5.78 Å². The third-order valence-electron chi connectivity index (χ3n) is 1.39. The highest BCUT2D eigenvalue weighted by Gasteiger charge is 2.11. The molecule has 4 heteroatoms. The summed E-state index contributed by atoms with van der Waals surface area (Å²) in [6, 6.07) is 1.54. The quantitative estimate of drug-likeness (QED) is 0.618. The summed E-state index contributed by atoms with van der Waals surface area (Å²) in [5.41, 5.74) is 5.81. The van der Waals surface area contributed by atoms with E-state index in [1.165, 1.54) is 0 Å². The van der Waals surface area contributed by atoms with Crippen molar-refractivity contribution in [1.82, 2.24) is 10.2 Å². The Bertz CT molecular complexity index is 264. The van der Waals surface area contributed by atoms with Crippen LogP contribution in [0.2, 0.25) is 0 Å². The number of rotatable bonds is 2. The second-order valence-electron chi connectivity index (χ2n) is 2.73. The average molecular weight is 153 g/mol. The van der Waals surface area contributed by atoms with Gasteiger partial charge in [-0.2, -0.15) is 5.10 Å². The number of aromatic amines is 1. The Labute approximate surface area is 64.8 Å². The van der Waals surface area contributed by atoms with E-state index in [9.17, 15) is 4.79 Å². The lowest BCUT2D eigenvalue weighted by Gasteiger charge is -1.98. The smallest absolute Gasteiger partial charge is 0.183 e. The van der Waals surface area contributed by atoms with Crippen LogP contribution < -0.4 is 5.73 Å². The molecule has 0 aromatic carbocycles. The van der Waals surface area contributed by atoms with E-state index >= 15 is 0 Å². The van der Waals surface area contributed by atoms with Gasteiger partial charge >= 0.3 is 0 Å². The molecular formula is C7H11N3O. The first-order chi connectivity index (χ1) is 5.11. The van der Waals surface area contributed by atoms with Crippen LogP contribution in [0.5, 0.6) is 0 Å². The van der Waals surface area contributed by atoms with Gasteiger partial charge in [-0.05, 0) is 0 Å². The van der Waals surface area contributed by atoms with Crippen molar-refractivity contribution in [3.8, 4) is 0 Å². The van der Waals surface area contributed by atoms with Gasteiger partial charge in [0.1, 0.15) is 11.5 Å². The van der Waals surface area contributed by atoms with Crippen molar-refractivity contribution in [2.24, 2.45) is 5.92 Å². The van der Waals surface area contributed by atoms with E-state index in [-0.39, 0.29) is 11.7 Å².